The molecule has 0 aliphatic carbocycles. The molecule has 0 radical (unpaired) electrons. The molecule has 0 saturated heterocycles. The Hall–Kier alpha value is -1.33. The first-order valence-corrected chi connectivity index (χ1v) is 7.62. The fraction of sp³-hybridized carbons (Fsp3) is 0.467. The number of rotatable bonds is 4. The second-order valence-electron chi connectivity index (χ2n) is 6.00. The number of benzene rings is 1. The summed E-state index contributed by atoms with van der Waals surface area (Å²) < 4.78 is 5.27. The molecule has 0 saturated carbocycles. The van der Waals surface area contributed by atoms with E-state index in [4.69, 9.17) is 10.3 Å². The molecule has 4 nitrogen and oxygen atoms in total. The molecule has 0 bridgehead atoms. The minimum Gasteiger partial charge on any atom is -0.338 e. The average molecular weight is 291 g/mol. The largest absolute Gasteiger partial charge is 0.338 e. The maximum Gasteiger partial charge on any atom is 0.244 e. The number of nitrogens with two attached hydrogens (primary N) is 1. The lowest BCUT2D eigenvalue weighted by Gasteiger charge is -2.23. The van der Waals surface area contributed by atoms with Crippen molar-refractivity contribution in [3.05, 3.63) is 41.5 Å². The van der Waals surface area contributed by atoms with Gasteiger partial charge in [-0.05, 0) is 24.5 Å². The van der Waals surface area contributed by atoms with Crippen LogP contribution in [0.15, 0.2) is 33.7 Å². The number of thioether (sulfide) groups is 1. The van der Waals surface area contributed by atoms with E-state index in [-0.39, 0.29) is 11.5 Å². The van der Waals surface area contributed by atoms with Gasteiger partial charge in [0.15, 0.2) is 5.82 Å². The summed E-state index contributed by atoms with van der Waals surface area (Å²) in [4.78, 5) is 5.60. The van der Waals surface area contributed by atoms with Crippen LogP contribution in [-0.4, -0.2) is 10.1 Å². The molecule has 5 heteroatoms. The highest BCUT2D eigenvalue weighted by Gasteiger charge is 2.27. The minimum atomic E-state index is -0.243. The lowest BCUT2D eigenvalue weighted by molar-refractivity contribution is 0.252. The van der Waals surface area contributed by atoms with Crippen molar-refractivity contribution in [1.29, 1.82) is 0 Å². The summed E-state index contributed by atoms with van der Waals surface area (Å²) in [5.41, 5.74) is 7.27. The summed E-state index contributed by atoms with van der Waals surface area (Å²) in [6.07, 6.45) is 0. The molecule has 20 heavy (non-hydrogen) atoms. The van der Waals surface area contributed by atoms with Gasteiger partial charge in [-0.25, -0.2) is 0 Å². The minimum absolute atomic E-state index is 0.0898. The third kappa shape index (κ3) is 3.84. The normalized spacial score (nSPS) is 13.4. The summed E-state index contributed by atoms with van der Waals surface area (Å²) in [7, 11) is 0. The van der Waals surface area contributed by atoms with Gasteiger partial charge in [0.1, 0.15) is 0 Å². The highest BCUT2D eigenvalue weighted by atomic mass is 32.2. The van der Waals surface area contributed by atoms with Crippen LogP contribution in [0.1, 0.15) is 44.1 Å². The topological polar surface area (TPSA) is 64.9 Å². The lowest BCUT2D eigenvalue weighted by Crippen LogP contribution is -2.26. The van der Waals surface area contributed by atoms with Gasteiger partial charge >= 0.3 is 0 Å². The number of aryl methyl sites for hydroxylation is 1. The van der Waals surface area contributed by atoms with E-state index in [9.17, 15) is 0 Å². The first-order chi connectivity index (χ1) is 9.36. The van der Waals surface area contributed by atoms with Crippen LogP contribution in [0.4, 0.5) is 0 Å². The van der Waals surface area contributed by atoms with E-state index in [1.54, 1.807) is 11.8 Å². The second-order valence-corrected chi connectivity index (χ2v) is 7.05. The van der Waals surface area contributed by atoms with E-state index in [2.05, 4.69) is 62.1 Å². The van der Waals surface area contributed by atoms with Gasteiger partial charge in [-0.15, -0.1) is 11.8 Å². The molecule has 0 aliphatic heterocycles. The van der Waals surface area contributed by atoms with Crippen molar-refractivity contribution in [2.75, 3.05) is 0 Å². The van der Waals surface area contributed by atoms with E-state index in [1.807, 2.05) is 0 Å². The predicted molar refractivity (Wildman–Crippen MR) is 81.4 cm³/mol. The van der Waals surface area contributed by atoms with Crippen LogP contribution in [0.2, 0.25) is 0 Å². The van der Waals surface area contributed by atoms with Crippen molar-refractivity contribution < 1.29 is 4.52 Å². The van der Waals surface area contributed by atoms with Crippen LogP contribution in [0.3, 0.4) is 0 Å². The Morgan fingerprint density at radius 1 is 1.35 bits per heavy atom. The van der Waals surface area contributed by atoms with E-state index in [1.165, 1.54) is 10.5 Å². The Morgan fingerprint density at radius 2 is 2.10 bits per heavy atom. The Morgan fingerprint density at radius 3 is 2.75 bits per heavy atom. The summed E-state index contributed by atoms with van der Waals surface area (Å²) >= 11 is 1.69. The van der Waals surface area contributed by atoms with Gasteiger partial charge in [-0.1, -0.05) is 43.6 Å². The molecule has 108 valence electrons. The Kier molecular flexibility index (Phi) is 4.50. The van der Waals surface area contributed by atoms with E-state index in [0.717, 1.165) is 0 Å². The average Bonchev–Trinajstić information content (AvgIpc) is 2.83. The second kappa shape index (κ2) is 5.97. The zero-order valence-electron chi connectivity index (χ0n) is 12.4. The number of hydrogen-bond donors (Lipinski definition) is 1. The monoisotopic (exact) mass is 291 g/mol. The molecule has 0 amide bonds. The fourth-order valence-electron chi connectivity index (χ4n) is 1.68. The molecule has 0 fully saturated rings. The Labute approximate surface area is 124 Å². The van der Waals surface area contributed by atoms with Crippen molar-refractivity contribution >= 4 is 11.8 Å². The first kappa shape index (κ1) is 15.1. The number of nitrogens with zero attached hydrogens (tertiary/aromatic N) is 2. The van der Waals surface area contributed by atoms with Crippen molar-refractivity contribution in [2.45, 2.75) is 44.4 Å². The van der Waals surface area contributed by atoms with Gasteiger partial charge in [-0.2, -0.15) is 4.98 Å². The van der Waals surface area contributed by atoms with Gasteiger partial charge in [0.2, 0.25) is 5.89 Å². The summed E-state index contributed by atoms with van der Waals surface area (Å²) in [6.45, 7) is 8.26. The molecular weight excluding hydrogens is 270 g/mol. The van der Waals surface area contributed by atoms with Crippen molar-refractivity contribution in [3.63, 3.8) is 0 Å². The molecule has 0 unspecified atom stereocenters. The molecule has 0 spiro atoms. The molecule has 2 N–H and O–H groups in total. The Balaban J connectivity index is 2.00. The smallest absolute Gasteiger partial charge is 0.244 e. The summed E-state index contributed by atoms with van der Waals surface area (Å²) in [5.74, 6) is 1.88. The zero-order valence-corrected chi connectivity index (χ0v) is 13.2. The van der Waals surface area contributed by atoms with Crippen molar-refractivity contribution in [1.82, 2.24) is 10.1 Å². The first-order valence-electron chi connectivity index (χ1n) is 6.64. The highest BCUT2D eigenvalue weighted by Crippen LogP contribution is 2.30. The van der Waals surface area contributed by atoms with Crippen molar-refractivity contribution in [3.8, 4) is 0 Å². The maximum absolute atomic E-state index is 6.11. The lowest BCUT2D eigenvalue weighted by atomic mass is 9.87. The summed E-state index contributed by atoms with van der Waals surface area (Å²) in [5, 5.41) is 4.00. The third-order valence-electron chi connectivity index (χ3n) is 3.04. The molecule has 1 aromatic carbocycles. The number of aromatic nitrogens is 2. The van der Waals surface area contributed by atoms with Crippen LogP contribution in [0, 0.1) is 12.3 Å². The summed E-state index contributed by atoms with van der Waals surface area (Å²) in [6, 6.07) is 8.12. The van der Waals surface area contributed by atoms with E-state index in [0.29, 0.717) is 17.5 Å². The van der Waals surface area contributed by atoms with Gasteiger partial charge in [0.25, 0.3) is 0 Å². The SMILES string of the molecule is Cc1cccc(SCc2noc([C@@H](N)C(C)(C)C)n2)c1. The fourth-order valence-corrected chi connectivity index (χ4v) is 2.53. The predicted octanol–water partition coefficient (Wildman–Crippen LogP) is 3.72. The molecule has 0 aliphatic rings. The van der Waals surface area contributed by atoms with Crippen LogP contribution in [0.25, 0.3) is 0 Å². The van der Waals surface area contributed by atoms with Crippen LogP contribution >= 0.6 is 11.8 Å². The molecule has 1 aromatic heterocycles. The van der Waals surface area contributed by atoms with Gasteiger partial charge in [-0.3, -0.25) is 0 Å². The molecular formula is C15H21N3OS. The molecule has 2 aromatic rings. The zero-order chi connectivity index (χ0) is 14.8. The highest BCUT2D eigenvalue weighted by molar-refractivity contribution is 7.98. The molecule has 1 atom stereocenters. The van der Waals surface area contributed by atoms with E-state index >= 15 is 0 Å². The molecule has 1 heterocycles. The molecule has 2 rings (SSSR count). The van der Waals surface area contributed by atoms with Crippen molar-refractivity contribution in [2.24, 2.45) is 11.1 Å². The van der Waals surface area contributed by atoms with Gasteiger partial charge < -0.3 is 10.3 Å². The van der Waals surface area contributed by atoms with Gasteiger partial charge in [0, 0.05) is 4.90 Å². The van der Waals surface area contributed by atoms with Crippen LogP contribution in [0.5, 0.6) is 0 Å². The Bertz CT molecular complexity index is 574. The van der Waals surface area contributed by atoms with Crippen LogP contribution in [-0.2, 0) is 5.75 Å². The van der Waals surface area contributed by atoms with Crippen LogP contribution < -0.4 is 5.73 Å². The third-order valence-corrected chi connectivity index (χ3v) is 4.03. The quantitative estimate of drug-likeness (QED) is 0.870. The standard InChI is InChI=1S/C15H21N3OS/c1-10-6-5-7-11(8-10)20-9-12-17-14(19-18-12)13(16)15(2,3)4/h5-8,13H,9,16H2,1-4H3/t13-/m1/s1. The number of hydrogen-bond acceptors (Lipinski definition) is 5. The van der Waals surface area contributed by atoms with E-state index < -0.39 is 0 Å². The maximum atomic E-state index is 6.11. The van der Waals surface area contributed by atoms with Gasteiger partial charge in [0.05, 0.1) is 11.8 Å².